The lowest BCUT2D eigenvalue weighted by Crippen LogP contribution is -2.34. The summed E-state index contributed by atoms with van der Waals surface area (Å²) in [7, 11) is -9.58. The second-order valence-electron chi connectivity index (χ2n) is 10.3. The molecule has 0 spiro atoms. The Kier molecular flexibility index (Phi) is 7.47. The zero-order valence-electron chi connectivity index (χ0n) is 22.7. The predicted molar refractivity (Wildman–Crippen MR) is 146 cm³/mol. The van der Waals surface area contributed by atoms with Crippen LogP contribution in [0.5, 0.6) is 0 Å². The first-order valence-corrected chi connectivity index (χ1v) is 16.5. The molecule has 4 aromatic heterocycles. The second-order valence-corrected chi connectivity index (χ2v) is 13.5. The number of fused-ring (bicyclic) bond motifs is 5. The minimum Gasteiger partial charge on any atom is -0.382 e. The van der Waals surface area contributed by atoms with E-state index in [1.165, 1.54) is 17.2 Å². The highest BCUT2D eigenvalue weighted by Gasteiger charge is 2.52. The van der Waals surface area contributed by atoms with Crippen molar-refractivity contribution in [3.05, 3.63) is 29.3 Å². The maximum atomic E-state index is 15.8. The number of ether oxygens (including phenoxy) is 3. The molecule has 2 unspecified atom stereocenters. The fourth-order valence-electron chi connectivity index (χ4n) is 5.34. The van der Waals surface area contributed by atoms with Gasteiger partial charge >= 0.3 is 15.4 Å². The molecule has 0 amide bonds. The Bertz CT molecular complexity index is 1920. The number of phosphoric ester groups is 1. The highest BCUT2D eigenvalue weighted by molar-refractivity contribution is 7.52. The van der Waals surface area contributed by atoms with Gasteiger partial charge in [0, 0.05) is 6.42 Å². The van der Waals surface area contributed by atoms with Crippen LogP contribution in [0.15, 0.2) is 23.8 Å². The maximum Gasteiger partial charge on any atom is 0.472 e. The number of hydrogen-bond donors (Lipinski definition) is 5. The molecule has 9 atom stereocenters. The summed E-state index contributed by atoms with van der Waals surface area (Å²) in [6.07, 6.45) is -7.19. The summed E-state index contributed by atoms with van der Waals surface area (Å²) in [5.41, 5.74) is 11.1. The number of aromatic amines is 1. The van der Waals surface area contributed by atoms with Gasteiger partial charge in [0.2, 0.25) is 5.95 Å². The molecule has 3 aliphatic rings. The van der Waals surface area contributed by atoms with E-state index < -0.39 is 83.6 Å². The third kappa shape index (κ3) is 5.63. The Labute approximate surface area is 249 Å². The van der Waals surface area contributed by atoms with Gasteiger partial charge in [-0.1, -0.05) is 0 Å². The van der Waals surface area contributed by atoms with Crippen LogP contribution in [0.25, 0.3) is 22.3 Å². The second kappa shape index (κ2) is 11.1. The van der Waals surface area contributed by atoms with Crippen molar-refractivity contribution in [2.45, 2.75) is 49.5 Å². The fourth-order valence-corrected chi connectivity index (χ4v) is 7.10. The number of rotatable bonds is 2. The molecule has 4 aromatic rings. The molecule has 3 saturated heterocycles. The van der Waals surface area contributed by atoms with Crippen LogP contribution in [0.3, 0.4) is 0 Å². The van der Waals surface area contributed by atoms with Crippen molar-refractivity contribution in [1.29, 1.82) is 0 Å². The average molecular weight is 674 g/mol. The summed E-state index contributed by atoms with van der Waals surface area (Å²) in [6, 6.07) is 0. The first-order chi connectivity index (χ1) is 21.4. The number of phosphoric acid groups is 1. The number of nitrogens with zero attached hydrogens (tertiary/aromatic N) is 7. The van der Waals surface area contributed by atoms with Crippen LogP contribution < -0.4 is 17.0 Å². The minimum atomic E-state index is -5.07. The van der Waals surface area contributed by atoms with Crippen LogP contribution in [-0.2, 0) is 36.9 Å². The lowest BCUT2D eigenvalue weighted by Gasteiger charge is -2.25. The van der Waals surface area contributed by atoms with Gasteiger partial charge in [-0.25, -0.2) is 28.9 Å². The Morgan fingerprint density at radius 2 is 1.71 bits per heavy atom. The highest BCUT2D eigenvalue weighted by atomic mass is 31.2. The van der Waals surface area contributed by atoms with Gasteiger partial charge in [-0.2, -0.15) is 4.98 Å². The number of halogens is 1. The number of H-pyrrole nitrogens is 1. The van der Waals surface area contributed by atoms with Crippen molar-refractivity contribution < 1.29 is 51.1 Å². The molecule has 2 bridgehead atoms. The maximum absolute atomic E-state index is 15.8. The van der Waals surface area contributed by atoms with Crippen molar-refractivity contribution in [2.24, 2.45) is 0 Å². The van der Waals surface area contributed by atoms with Gasteiger partial charge < -0.3 is 40.0 Å². The lowest BCUT2D eigenvalue weighted by molar-refractivity contribution is -0.0619. The average Bonchev–Trinajstić information content (AvgIpc) is 3.75. The monoisotopic (exact) mass is 674 g/mol. The molecule has 0 aliphatic carbocycles. The predicted octanol–water partition coefficient (Wildman–Crippen LogP) is -0.293. The van der Waals surface area contributed by atoms with Crippen molar-refractivity contribution in [3.8, 4) is 0 Å². The largest absolute Gasteiger partial charge is 0.472 e. The van der Waals surface area contributed by atoms with Gasteiger partial charge in [0.15, 0.2) is 35.0 Å². The van der Waals surface area contributed by atoms with Crippen LogP contribution in [0.2, 0.25) is 0 Å². The van der Waals surface area contributed by atoms with Crippen LogP contribution in [0.1, 0.15) is 18.9 Å². The molecule has 21 nitrogen and oxygen atoms in total. The zero-order chi connectivity index (χ0) is 31.7. The number of alkyl halides is 1. The van der Waals surface area contributed by atoms with Gasteiger partial charge in [-0.3, -0.25) is 32.5 Å². The standard InChI is InChI=1S/C21H25FN10O11P2/c22-12-10-3-39-44(34,35)7-38-8-1-11(31-5-27-13-16(23)25-4-26-17(13)31)41-9(8)2-40-45(36,37)43-15(12)20(42-10)32-6-28-14-18(32)29-21(24)30-19(14)33/h4-6,8-12,15,20H,1-3,7H2,(H,34,35)(H,36,37)(H2,23,25,26)(H3,24,29,30,33)/t8-,9+,10+,11+,12+,15+,20+/m0/s1. The Morgan fingerprint density at radius 1 is 0.956 bits per heavy atom. The van der Waals surface area contributed by atoms with Gasteiger partial charge in [-0.05, 0) is 0 Å². The van der Waals surface area contributed by atoms with E-state index in [1.807, 2.05) is 0 Å². The first kappa shape index (κ1) is 30.2. The third-order valence-corrected chi connectivity index (χ3v) is 9.43. The third-order valence-electron chi connectivity index (χ3n) is 7.42. The number of nitrogen functional groups attached to an aromatic ring is 2. The molecule has 45 heavy (non-hydrogen) atoms. The summed E-state index contributed by atoms with van der Waals surface area (Å²) >= 11 is 0. The van der Waals surface area contributed by atoms with Crippen LogP contribution >= 0.6 is 15.4 Å². The molecule has 7 N–H and O–H groups in total. The molecule has 3 aliphatic heterocycles. The van der Waals surface area contributed by atoms with Crippen LogP contribution in [0.4, 0.5) is 16.2 Å². The fraction of sp³-hybridized carbons (Fsp3) is 0.524. The summed E-state index contributed by atoms with van der Waals surface area (Å²) in [5.74, 6) is -0.162. The molecular weight excluding hydrogens is 649 g/mol. The molecule has 7 rings (SSSR count). The molecule has 0 radical (unpaired) electrons. The van der Waals surface area contributed by atoms with Crippen molar-refractivity contribution in [2.75, 3.05) is 31.0 Å². The summed E-state index contributed by atoms with van der Waals surface area (Å²) in [4.78, 5) is 55.9. The van der Waals surface area contributed by atoms with Gasteiger partial charge in [0.1, 0.15) is 42.7 Å². The smallest absolute Gasteiger partial charge is 0.382 e. The Morgan fingerprint density at radius 3 is 2.53 bits per heavy atom. The summed E-state index contributed by atoms with van der Waals surface area (Å²) in [6.45, 7) is -1.42. The SMILES string of the molecule is Nc1nc2c(ncn2[C@@H]2O[C@@H]3COP(=O)(O)CO[C@H]4C[C@H](n5cnc6c(N)ncnc65)O[C@@H]4COP(=O)(O)O[C@@H]2[C@@H]3F)c(=O)[nH]1. The molecule has 0 saturated carbocycles. The lowest BCUT2D eigenvalue weighted by atomic mass is 10.1. The summed E-state index contributed by atoms with van der Waals surface area (Å²) < 4.78 is 77.4. The Balaban J connectivity index is 1.18. The van der Waals surface area contributed by atoms with E-state index in [4.69, 9.17) is 39.2 Å². The van der Waals surface area contributed by atoms with E-state index >= 15 is 4.39 Å². The van der Waals surface area contributed by atoms with E-state index in [-0.39, 0.29) is 29.4 Å². The molecule has 7 heterocycles. The number of aromatic nitrogens is 8. The highest BCUT2D eigenvalue weighted by Crippen LogP contribution is 2.52. The normalized spacial score (nSPS) is 36.3. The van der Waals surface area contributed by atoms with E-state index in [2.05, 4.69) is 29.9 Å². The number of nitrogens with two attached hydrogens (primary N) is 2. The number of imidazole rings is 2. The van der Waals surface area contributed by atoms with Crippen molar-refractivity contribution >= 4 is 49.5 Å². The topological polar surface area (TPSA) is 289 Å². The van der Waals surface area contributed by atoms with Gasteiger partial charge in [-0.15, -0.1) is 0 Å². The van der Waals surface area contributed by atoms with Crippen LogP contribution in [0, 0.1) is 0 Å². The zero-order valence-corrected chi connectivity index (χ0v) is 24.5. The van der Waals surface area contributed by atoms with Crippen molar-refractivity contribution in [3.63, 3.8) is 0 Å². The molecule has 0 aromatic carbocycles. The molecular formula is C21H25FN10O11P2. The minimum absolute atomic E-state index is 0.0614. The van der Waals surface area contributed by atoms with E-state index in [9.17, 15) is 23.7 Å². The number of anilines is 2. The Hall–Kier alpha value is -3.43. The van der Waals surface area contributed by atoms with Gasteiger partial charge in [0.05, 0.1) is 32.0 Å². The molecule has 24 heteroatoms. The van der Waals surface area contributed by atoms with E-state index in [0.717, 1.165) is 10.9 Å². The molecule has 242 valence electrons. The quantitative estimate of drug-likeness (QED) is 0.171. The number of hydrogen-bond acceptors (Lipinski definition) is 16. The van der Waals surface area contributed by atoms with Crippen molar-refractivity contribution in [1.82, 2.24) is 39.0 Å². The first-order valence-electron chi connectivity index (χ1n) is 13.2. The van der Waals surface area contributed by atoms with Gasteiger partial charge in [0.25, 0.3) is 5.56 Å². The van der Waals surface area contributed by atoms with E-state index in [0.29, 0.717) is 11.2 Å². The molecule has 3 fully saturated rings. The van der Waals surface area contributed by atoms with Crippen LogP contribution in [-0.4, -0.2) is 99.0 Å². The number of nitrogens with one attached hydrogen (secondary N) is 1. The summed E-state index contributed by atoms with van der Waals surface area (Å²) in [5, 5.41) is 0. The van der Waals surface area contributed by atoms with E-state index in [1.54, 1.807) is 0 Å².